The Hall–Kier alpha value is -0.290. The van der Waals surface area contributed by atoms with E-state index < -0.39 is 0 Å². The molecule has 0 aliphatic carbocycles. The molecule has 16 heavy (non-hydrogen) atoms. The van der Waals surface area contributed by atoms with Crippen LogP contribution < -0.4 is 5.32 Å². The summed E-state index contributed by atoms with van der Waals surface area (Å²) in [5.41, 5.74) is 0.859. The number of rotatable bonds is 6. The summed E-state index contributed by atoms with van der Waals surface area (Å²) >= 11 is 11.7. The molecule has 1 aromatic heterocycles. The van der Waals surface area contributed by atoms with Gasteiger partial charge < -0.3 is 15.0 Å². The Balaban J connectivity index is 2.37. The van der Waals surface area contributed by atoms with Crippen molar-refractivity contribution < 1.29 is 5.11 Å². The lowest BCUT2D eigenvalue weighted by molar-refractivity contribution is 0.159. The second kappa shape index (κ2) is 6.45. The highest BCUT2D eigenvalue weighted by Gasteiger charge is 2.10. The van der Waals surface area contributed by atoms with Crippen molar-refractivity contribution in [3.63, 3.8) is 0 Å². The standard InChI is InChI=1S/C10H17Cl2N3O/c1-3-7(16)4-5-13-6-8-9(11)14-10(12)15(8)2/h7,13,16H,3-6H2,1-2H3. The fraction of sp³-hybridized carbons (Fsp3) is 0.700. The molecule has 0 spiro atoms. The normalized spacial score (nSPS) is 13.1. The first-order valence-electron chi connectivity index (χ1n) is 5.31. The number of aliphatic hydroxyl groups excluding tert-OH is 1. The number of hydrogen-bond donors (Lipinski definition) is 2. The van der Waals surface area contributed by atoms with Crippen LogP contribution in [0.5, 0.6) is 0 Å². The molecule has 0 saturated carbocycles. The second-order valence-corrected chi connectivity index (χ2v) is 4.40. The van der Waals surface area contributed by atoms with Gasteiger partial charge in [-0.15, -0.1) is 0 Å². The number of aromatic nitrogens is 2. The third kappa shape index (κ3) is 3.63. The highest BCUT2D eigenvalue weighted by atomic mass is 35.5. The molecule has 1 unspecified atom stereocenters. The SMILES string of the molecule is CCC(O)CCNCc1c(Cl)nc(Cl)n1C. The molecular formula is C10H17Cl2N3O. The highest BCUT2D eigenvalue weighted by molar-refractivity contribution is 6.32. The number of hydrogen-bond acceptors (Lipinski definition) is 3. The van der Waals surface area contributed by atoms with Crippen molar-refractivity contribution in [3.8, 4) is 0 Å². The molecule has 2 N–H and O–H groups in total. The van der Waals surface area contributed by atoms with Crippen LogP contribution in [0.25, 0.3) is 0 Å². The van der Waals surface area contributed by atoms with Crippen molar-refractivity contribution in [2.24, 2.45) is 7.05 Å². The molecule has 92 valence electrons. The maximum Gasteiger partial charge on any atom is 0.204 e. The van der Waals surface area contributed by atoms with E-state index in [1.165, 1.54) is 0 Å². The monoisotopic (exact) mass is 265 g/mol. The fourth-order valence-electron chi connectivity index (χ4n) is 1.34. The minimum atomic E-state index is -0.238. The van der Waals surface area contributed by atoms with Gasteiger partial charge in [-0.25, -0.2) is 4.98 Å². The Morgan fingerprint density at radius 1 is 1.50 bits per heavy atom. The summed E-state index contributed by atoms with van der Waals surface area (Å²) in [5, 5.41) is 13.4. The van der Waals surface area contributed by atoms with E-state index in [-0.39, 0.29) is 6.10 Å². The molecule has 6 heteroatoms. The second-order valence-electron chi connectivity index (χ2n) is 3.70. The van der Waals surface area contributed by atoms with E-state index in [1.807, 2.05) is 14.0 Å². The van der Waals surface area contributed by atoms with Crippen LogP contribution in [0.1, 0.15) is 25.5 Å². The maximum atomic E-state index is 9.36. The molecule has 1 atom stereocenters. The zero-order chi connectivity index (χ0) is 12.1. The van der Waals surface area contributed by atoms with E-state index in [9.17, 15) is 5.11 Å². The largest absolute Gasteiger partial charge is 0.393 e. The molecular weight excluding hydrogens is 249 g/mol. The Morgan fingerprint density at radius 2 is 2.19 bits per heavy atom. The molecule has 1 rings (SSSR count). The molecule has 0 aromatic carbocycles. The van der Waals surface area contributed by atoms with Gasteiger partial charge in [-0.3, -0.25) is 0 Å². The van der Waals surface area contributed by atoms with Gasteiger partial charge in [0.1, 0.15) is 0 Å². The molecule has 0 fully saturated rings. The van der Waals surface area contributed by atoms with Crippen LogP contribution in [-0.4, -0.2) is 27.3 Å². The van der Waals surface area contributed by atoms with E-state index in [2.05, 4.69) is 10.3 Å². The third-order valence-corrected chi connectivity index (χ3v) is 3.17. The lowest BCUT2D eigenvalue weighted by atomic mass is 10.2. The van der Waals surface area contributed by atoms with Gasteiger partial charge in [-0.2, -0.15) is 0 Å². The van der Waals surface area contributed by atoms with Crippen molar-refractivity contribution in [1.29, 1.82) is 0 Å². The summed E-state index contributed by atoms with van der Waals surface area (Å²) in [7, 11) is 1.82. The summed E-state index contributed by atoms with van der Waals surface area (Å²) in [6.07, 6.45) is 1.28. The van der Waals surface area contributed by atoms with Gasteiger partial charge in [-0.05, 0) is 31.0 Å². The Morgan fingerprint density at radius 3 is 2.69 bits per heavy atom. The van der Waals surface area contributed by atoms with Crippen LogP contribution in [-0.2, 0) is 13.6 Å². The lowest BCUT2D eigenvalue weighted by Crippen LogP contribution is -2.21. The topological polar surface area (TPSA) is 50.1 Å². The van der Waals surface area contributed by atoms with Crippen LogP contribution in [0.4, 0.5) is 0 Å². The molecule has 1 aromatic rings. The molecule has 0 bridgehead atoms. The molecule has 4 nitrogen and oxygen atoms in total. The van der Waals surface area contributed by atoms with Crippen molar-refractivity contribution in [1.82, 2.24) is 14.9 Å². The minimum Gasteiger partial charge on any atom is -0.393 e. The van der Waals surface area contributed by atoms with Crippen LogP contribution in [0.3, 0.4) is 0 Å². The average Bonchev–Trinajstić information content (AvgIpc) is 2.49. The maximum absolute atomic E-state index is 9.36. The Labute approximate surface area is 106 Å². The average molecular weight is 266 g/mol. The summed E-state index contributed by atoms with van der Waals surface area (Å²) in [5.74, 6) is 0. The van der Waals surface area contributed by atoms with Crippen LogP contribution in [0.2, 0.25) is 10.4 Å². The number of nitrogens with zero attached hydrogens (tertiary/aromatic N) is 2. The van der Waals surface area contributed by atoms with E-state index in [0.717, 1.165) is 25.1 Å². The number of aliphatic hydroxyl groups is 1. The quantitative estimate of drug-likeness (QED) is 0.774. The molecule has 0 aliphatic heterocycles. The molecule has 0 aliphatic rings. The number of halogens is 2. The van der Waals surface area contributed by atoms with E-state index >= 15 is 0 Å². The van der Waals surface area contributed by atoms with Crippen molar-refractivity contribution >= 4 is 23.2 Å². The Bertz CT molecular complexity index is 341. The molecule has 0 radical (unpaired) electrons. The van der Waals surface area contributed by atoms with Gasteiger partial charge >= 0.3 is 0 Å². The van der Waals surface area contributed by atoms with Crippen LogP contribution in [0.15, 0.2) is 0 Å². The summed E-state index contributed by atoms with van der Waals surface area (Å²) in [6, 6.07) is 0. The first-order chi connectivity index (χ1) is 7.56. The molecule has 0 amide bonds. The van der Waals surface area contributed by atoms with Gasteiger partial charge in [0.05, 0.1) is 11.8 Å². The zero-order valence-electron chi connectivity index (χ0n) is 9.50. The summed E-state index contributed by atoms with van der Waals surface area (Å²) < 4.78 is 1.74. The predicted octanol–water partition coefficient (Wildman–Crippen LogP) is 1.98. The van der Waals surface area contributed by atoms with Crippen LogP contribution in [0, 0.1) is 0 Å². The van der Waals surface area contributed by atoms with E-state index in [4.69, 9.17) is 23.2 Å². The van der Waals surface area contributed by atoms with Gasteiger partial charge in [0.2, 0.25) is 5.28 Å². The van der Waals surface area contributed by atoms with Crippen molar-refractivity contribution in [2.45, 2.75) is 32.4 Å². The minimum absolute atomic E-state index is 0.238. The predicted molar refractivity (Wildman–Crippen MR) is 65.8 cm³/mol. The molecule has 0 saturated heterocycles. The number of nitrogens with one attached hydrogen (secondary N) is 1. The van der Waals surface area contributed by atoms with Crippen molar-refractivity contribution in [2.75, 3.05) is 6.54 Å². The van der Waals surface area contributed by atoms with Gasteiger partial charge in [0.15, 0.2) is 5.15 Å². The number of imidazole rings is 1. The lowest BCUT2D eigenvalue weighted by Gasteiger charge is -2.09. The fourth-order valence-corrected chi connectivity index (χ4v) is 1.84. The first-order valence-corrected chi connectivity index (χ1v) is 6.07. The van der Waals surface area contributed by atoms with Gasteiger partial charge in [0.25, 0.3) is 0 Å². The van der Waals surface area contributed by atoms with E-state index in [1.54, 1.807) is 4.57 Å². The van der Waals surface area contributed by atoms with Gasteiger partial charge in [0, 0.05) is 13.6 Å². The Kier molecular flexibility index (Phi) is 5.55. The van der Waals surface area contributed by atoms with E-state index in [0.29, 0.717) is 17.0 Å². The van der Waals surface area contributed by atoms with Gasteiger partial charge in [-0.1, -0.05) is 18.5 Å². The van der Waals surface area contributed by atoms with Crippen LogP contribution >= 0.6 is 23.2 Å². The zero-order valence-corrected chi connectivity index (χ0v) is 11.0. The van der Waals surface area contributed by atoms with Crippen molar-refractivity contribution in [3.05, 3.63) is 16.1 Å². The molecule has 1 heterocycles. The smallest absolute Gasteiger partial charge is 0.204 e. The summed E-state index contributed by atoms with van der Waals surface area (Å²) in [6.45, 7) is 3.31. The first kappa shape index (κ1) is 13.8. The highest BCUT2D eigenvalue weighted by Crippen LogP contribution is 2.18. The summed E-state index contributed by atoms with van der Waals surface area (Å²) in [4.78, 5) is 3.95. The third-order valence-electron chi connectivity index (χ3n) is 2.53.